The van der Waals surface area contributed by atoms with Crippen LogP contribution in [0.15, 0.2) is 41.1 Å². The predicted octanol–water partition coefficient (Wildman–Crippen LogP) is 5.34. The third-order valence-electron chi connectivity index (χ3n) is 4.72. The number of halogens is 10. The summed E-state index contributed by atoms with van der Waals surface area (Å²) in [5, 5.41) is 10.4. The number of nitrogens with zero attached hydrogens (tertiary/aromatic N) is 4. The number of hydrogen-bond acceptors (Lipinski definition) is 8. The quantitative estimate of drug-likeness (QED) is 0.0719. The van der Waals surface area contributed by atoms with Gasteiger partial charge in [-0.2, -0.15) is 13.8 Å². The fraction of sp³-hybridized carbons (Fsp3) is 0.185. The smallest absolute Gasteiger partial charge is 1.00 e. The van der Waals surface area contributed by atoms with Crippen molar-refractivity contribution in [2.75, 3.05) is 14.2 Å². The van der Waals surface area contributed by atoms with Gasteiger partial charge in [0.25, 0.3) is 0 Å². The largest absolute Gasteiger partial charge is 2.00 e. The molecule has 0 aliphatic carbocycles. The molecule has 4 aromatic rings. The number of aldehydes is 1. The van der Waals surface area contributed by atoms with Crippen LogP contribution in [0.1, 0.15) is 41.4 Å². The SMILES string of the molecule is COc1ccc(F)c(F)c1C(O)c1cnc(Cl)nc1Cl.COc1ccc(F)c(F)c1C=O.C[CH-]C.Clc1ncc(Br)c(Cl)n1.[Cl-].[Mg+2]. The monoisotopic (exact) mass is 820 g/mol. The maximum Gasteiger partial charge on any atom is 2.00 e. The molecular formula is C27H22BrCl5F4MgN4O4. The van der Waals surface area contributed by atoms with Crippen molar-refractivity contribution in [2.24, 2.45) is 0 Å². The molecular weight excluding hydrogens is 802 g/mol. The van der Waals surface area contributed by atoms with Gasteiger partial charge in [0.2, 0.25) is 10.6 Å². The summed E-state index contributed by atoms with van der Waals surface area (Å²) >= 11 is 25.4. The molecule has 0 saturated carbocycles. The minimum Gasteiger partial charge on any atom is -1.00 e. The van der Waals surface area contributed by atoms with Gasteiger partial charge in [-0.1, -0.05) is 23.2 Å². The van der Waals surface area contributed by atoms with Gasteiger partial charge < -0.3 is 33.4 Å². The van der Waals surface area contributed by atoms with E-state index < -0.39 is 34.9 Å². The summed E-state index contributed by atoms with van der Waals surface area (Å²) in [7, 11) is 2.54. The summed E-state index contributed by atoms with van der Waals surface area (Å²) in [6, 6.07) is 4.19. The van der Waals surface area contributed by atoms with E-state index in [0.29, 0.717) is 9.63 Å². The maximum atomic E-state index is 13.9. The Morgan fingerprint density at radius 2 is 1.30 bits per heavy atom. The third kappa shape index (κ3) is 13.8. The van der Waals surface area contributed by atoms with E-state index in [1.54, 1.807) is 0 Å². The Kier molecular flexibility index (Phi) is 23.7. The topological polar surface area (TPSA) is 107 Å². The van der Waals surface area contributed by atoms with E-state index in [2.05, 4.69) is 40.6 Å². The molecule has 0 aliphatic heterocycles. The van der Waals surface area contributed by atoms with Crippen LogP contribution in [0.3, 0.4) is 0 Å². The van der Waals surface area contributed by atoms with E-state index in [4.69, 9.17) is 51.1 Å². The summed E-state index contributed by atoms with van der Waals surface area (Å²) in [4.78, 5) is 24.9. The molecule has 2 aromatic heterocycles. The zero-order valence-electron chi connectivity index (χ0n) is 24.1. The molecule has 0 fully saturated rings. The van der Waals surface area contributed by atoms with E-state index in [0.717, 1.165) is 18.3 Å². The first-order valence-electron chi connectivity index (χ1n) is 11.7. The van der Waals surface area contributed by atoms with Crippen LogP contribution in [0.2, 0.25) is 20.9 Å². The van der Waals surface area contributed by atoms with Gasteiger partial charge in [-0.25, -0.2) is 37.5 Å². The van der Waals surface area contributed by atoms with Crippen molar-refractivity contribution >= 4 is 91.7 Å². The summed E-state index contributed by atoms with van der Waals surface area (Å²) in [6.07, 6.45) is 3.26. The zero-order chi connectivity index (χ0) is 33.6. The molecule has 0 saturated heterocycles. The van der Waals surface area contributed by atoms with Crippen molar-refractivity contribution in [3.8, 4) is 11.5 Å². The fourth-order valence-corrected chi connectivity index (χ4v) is 3.74. The Morgan fingerprint density at radius 3 is 1.74 bits per heavy atom. The number of methoxy groups -OCH3 is 2. The summed E-state index contributed by atoms with van der Waals surface area (Å²) < 4.78 is 62.6. The number of aliphatic hydroxyl groups is 1. The number of benzene rings is 2. The molecule has 0 amide bonds. The number of ether oxygens (including phenoxy) is 2. The van der Waals surface area contributed by atoms with Crippen molar-refractivity contribution in [2.45, 2.75) is 20.0 Å². The molecule has 46 heavy (non-hydrogen) atoms. The Bertz CT molecular complexity index is 1570. The maximum absolute atomic E-state index is 13.9. The van der Waals surface area contributed by atoms with Gasteiger partial charge in [-0.05, 0) is 63.4 Å². The standard InChI is InChI=1S/C12H8Cl2F2N2O2.C8H6F2O2.C4HBrCl2N2.C3H7.ClH.Mg/c1-20-7-3-2-6(15)9(16)8(7)10(19)5-4-17-12(14)18-11(5)13;1-12-7-3-2-6(9)8(10)5(7)4-11;5-2-1-8-4(7)9-3(2)6;1-3-2;;/h2-4,10,19H,1H3;2-4H,1H3;1H;3H,1-2H3;1H;/q;;;-1;;+2/p-1. The van der Waals surface area contributed by atoms with E-state index >= 15 is 0 Å². The van der Waals surface area contributed by atoms with Gasteiger partial charge in [0.15, 0.2) is 29.6 Å². The molecule has 0 radical (unpaired) electrons. The van der Waals surface area contributed by atoms with Crippen LogP contribution in [0, 0.1) is 29.7 Å². The van der Waals surface area contributed by atoms with Crippen LogP contribution >= 0.6 is 62.3 Å². The predicted molar refractivity (Wildman–Crippen MR) is 168 cm³/mol. The van der Waals surface area contributed by atoms with E-state index in [1.165, 1.54) is 32.5 Å². The molecule has 19 heteroatoms. The molecule has 246 valence electrons. The molecule has 0 bridgehead atoms. The molecule has 2 aromatic carbocycles. The second-order valence-corrected chi connectivity index (χ2v) is 9.96. The molecule has 0 spiro atoms. The van der Waals surface area contributed by atoms with Gasteiger partial charge in [-0.15, -0.1) is 0 Å². The van der Waals surface area contributed by atoms with Crippen LogP contribution in [0.4, 0.5) is 17.6 Å². The average molecular weight is 824 g/mol. The first-order chi connectivity index (χ1) is 20.8. The Labute approximate surface area is 312 Å². The number of carbonyl (C=O) groups excluding carboxylic acids is 1. The summed E-state index contributed by atoms with van der Waals surface area (Å²) in [5.74, 6) is -4.58. The Morgan fingerprint density at radius 1 is 0.848 bits per heavy atom. The number of aromatic nitrogens is 4. The summed E-state index contributed by atoms with van der Waals surface area (Å²) in [6.45, 7) is 4.00. The first kappa shape index (κ1) is 46.4. The second-order valence-electron chi connectivity index (χ2n) is 7.72. The van der Waals surface area contributed by atoms with Crippen molar-refractivity contribution < 1.29 is 49.3 Å². The van der Waals surface area contributed by atoms with Crippen molar-refractivity contribution in [1.29, 1.82) is 0 Å². The molecule has 1 atom stereocenters. The Hall–Kier alpha value is -1.75. The molecule has 8 nitrogen and oxygen atoms in total. The number of rotatable bonds is 5. The molecule has 1 N–H and O–H groups in total. The van der Waals surface area contributed by atoms with Crippen LogP contribution < -0.4 is 21.9 Å². The Balaban J connectivity index is 0. The number of carbonyl (C=O) groups is 1. The van der Waals surface area contributed by atoms with Crippen molar-refractivity contribution in [3.05, 3.63) is 108 Å². The van der Waals surface area contributed by atoms with Crippen molar-refractivity contribution in [3.63, 3.8) is 0 Å². The summed E-state index contributed by atoms with van der Waals surface area (Å²) in [5.41, 5.74) is -0.795. The minimum absolute atomic E-state index is 0. The fourth-order valence-electron chi connectivity index (χ4n) is 2.83. The van der Waals surface area contributed by atoms with Gasteiger partial charge in [0.1, 0.15) is 27.9 Å². The van der Waals surface area contributed by atoms with Gasteiger partial charge in [0, 0.05) is 18.0 Å². The van der Waals surface area contributed by atoms with Crippen molar-refractivity contribution in [1.82, 2.24) is 19.9 Å². The molecule has 4 rings (SSSR count). The molecule has 2 heterocycles. The van der Waals surface area contributed by atoms with Crippen LogP contribution in [0.5, 0.6) is 11.5 Å². The normalized spacial score (nSPS) is 10.1. The van der Waals surface area contributed by atoms with Gasteiger partial charge >= 0.3 is 23.1 Å². The molecule has 0 aliphatic rings. The second kappa shape index (κ2) is 23.6. The first-order valence-corrected chi connectivity index (χ1v) is 14.0. The van der Waals surface area contributed by atoms with Gasteiger partial charge in [-0.3, -0.25) is 4.79 Å². The molecule has 1 unspecified atom stereocenters. The van der Waals surface area contributed by atoms with Crippen LogP contribution in [-0.2, 0) is 0 Å². The third-order valence-corrected chi connectivity index (χ3v) is 6.49. The minimum atomic E-state index is -1.59. The van der Waals surface area contributed by atoms with E-state index in [1.807, 2.05) is 20.3 Å². The van der Waals surface area contributed by atoms with Crippen LogP contribution in [-0.4, -0.2) is 68.6 Å². The number of aliphatic hydroxyl groups excluding tert-OH is 1. The average Bonchev–Trinajstić information content (AvgIpc) is 2.98. The van der Waals surface area contributed by atoms with Crippen LogP contribution in [0.25, 0.3) is 0 Å². The van der Waals surface area contributed by atoms with E-state index in [9.17, 15) is 27.5 Å². The zero-order valence-corrected chi connectivity index (χ0v) is 30.9. The number of hydrogen-bond donors (Lipinski definition) is 1. The van der Waals surface area contributed by atoms with E-state index in [-0.39, 0.29) is 80.1 Å². The van der Waals surface area contributed by atoms with Gasteiger partial charge in [0.05, 0.1) is 29.8 Å².